The Labute approximate surface area is 172 Å². The van der Waals surface area contributed by atoms with Gasteiger partial charge in [-0.2, -0.15) is 0 Å². The Morgan fingerprint density at radius 3 is 2.52 bits per heavy atom. The zero-order chi connectivity index (χ0) is 18.2. The van der Waals surface area contributed by atoms with Gasteiger partial charge in [0.15, 0.2) is 5.96 Å². The molecule has 8 heteroatoms. The van der Waals surface area contributed by atoms with Crippen LogP contribution in [-0.4, -0.2) is 49.2 Å². The van der Waals surface area contributed by atoms with Gasteiger partial charge in [0.25, 0.3) is 0 Å². The highest BCUT2D eigenvalue weighted by Gasteiger charge is 2.19. The number of ether oxygens (including phenoxy) is 1. The van der Waals surface area contributed by atoms with Crippen LogP contribution in [0.5, 0.6) is 0 Å². The molecule has 25 heavy (non-hydrogen) atoms. The van der Waals surface area contributed by atoms with E-state index in [4.69, 9.17) is 4.74 Å². The molecule has 0 spiro atoms. The summed E-state index contributed by atoms with van der Waals surface area (Å²) < 4.78 is 5.33. The van der Waals surface area contributed by atoms with Crippen molar-refractivity contribution in [3.63, 3.8) is 0 Å². The van der Waals surface area contributed by atoms with Crippen molar-refractivity contribution in [2.75, 3.05) is 26.7 Å². The first kappa shape index (κ1) is 24.0. The fourth-order valence-corrected chi connectivity index (χ4v) is 2.66. The summed E-state index contributed by atoms with van der Waals surface area (Å²) in [5, 5.41) is 6.45. The average molecular weight is 482 g/mol. The molecule has 0 saturated carbocycles. The lowest BCUT2D eigenvalue weighted by Gasteiger charge is -2.24. The molecule has 1 aromatic heterocycles. The van der Waals surface area contributed by atoms with Gasteiger partial charge < -0.3 is 20.3 Å². The van der Waals surface area contributed by atoms with Gasteiger partial charge in [0, 0.05) is 36.4 Å². The van der Waals surface area contributed by atoms with E-state index in [2.05, 4.69) is 34.7 Å². The van der Waals surface area contributed by atoms with Crippen LogP contribution in [0.3, 0.4) is 0 Å². The van der Waals surface area contributed by atoms with Crippen LogP contribution >= 0.6 is 35.3 Å². The van der Waals surface area contributed by atoms with Crippen LogP contribution in [0.1, 0.15) is 37.4 Å². The Morgan fingerprint density at radius 2 is 2.00 bits per heavy atom. The number of hydrogen-bond acceptors (Lipinski definition) is 4. The number of aryl methyl sites for hydroxylation is 1. The molecular formula is C17H31IN4O2S. The van der Waals surface area contributed by atoms with E-state index in [1.165, 1.54) is 9.75 Å². The normalized spacial score (nSPS) is 11.5. The van der Waals surface area contributed by atoms with E-state index in [1.54, 1.807) is 23.3 Å². The largest absolute Gasteiger partial charge is 0.444 e. The summed E-state index contributed by atoms with van der Waals surface area (Å²) >= 11 is 1.75. The third kappa shape index (κ3) is 10.5. The molecule has 1 aromatic rings. The minimum atomic E-state index is -0.478. The number of likely N-dealkylation sites (N-methyl/N-ethyl adjacent to an activating group) is 1. The van der Waals surface area contributed by atoms with Crippen molar-refractivity contribution >= 4 is 47.4 Å². The highest BCUT2D eigenvalue weighted by molar-refractivity contribution is 14.0. The van der Waals surface area contributed by atoms with Gasteiger partial charge in [-0.25, -0.2) is 9.79 Å². The van der Waals surface area contributed by atoms with Crippen LogP contribution in [-0.2, 0) is 11.3 Å². The number of rotatable bonds is 6. The molecule has 2 N–H and O–H groups in total. The Balaban J connectivity index is 0.00000576. The van der Waals surface area contributed by atoms with Gasteiger partial charge >= 0.3 is 6.09 Å². The maximum Gasteiger partial charge on any atom is 0.410 e. The topological polar surface area (TPSA) is 66.0 Å². The third-order valence-corrected chi connectivity index (χ3v) is 3.96. The van der Waals surface area contributed by atoms with Crippen LogP contribution < -0.4 is 10.6 Å². The van der Waals surface area contributed by atoms with E-state index in [0.29, 0.717) is 19.6 Å². The van der Waals surface area contributed by atoms with Gasteiger partial charge in [0.2, 0.25) is 0 Å². The highest BCUT2D eigenvalue weighted by Crippen LogP contribution is 2.15. The van der Waals surface area contributed by atoms with Crippen molar-refractivity contribution in [2.24, 2.45) is 4.99 Å². The molecule has 0 aromatic carbocycles. The van der Waals surface area contributed by atoms with Crippen molar-refractivity contribution in [3.8, 4) is 0 Å². The Kier molecular flexibility index (Phi) is 11.1. The molecule has 144 valence electrons. The van der Waals surface area contributed by atoms with E-state index in [9.17, 15) is 4.79 Å². The third-order valence-electron chi connectivity index (χ3n) is 2.98. The molecule has 0 atom stereocenters. The van der Waals surface area contributed by atoms with Crippen molar-refractivity contribution in [1.82, 2.24) is 15.5 Å². The van der Waals surface area contributed by atoms with Gasteiger partial charge in [-0.15, -0.1) is 35.3 Å². The number of nitrogens with zero attached hydrogens (tertiary/aromatic N) is 2. The first-order valence-corrected chi connectivity index (χ1v) is 9.04. The van der Waals surface area contributed by atoms with Crippen LogP contribution in [0.25, 0.3) is 0 Å². The first-order valence-electron chi connectivity index (χ1n) is 8.23. The molecule has 0 bridgehead atoms. The lowest BCUT2D eigenvalue weighted by atomic mass is 10.2. The van der Waals surface area contributed by atoms with Crippen molar-refractivity contribution < 1.29 is 9.53 Å². The molecule has 0 radical (unpaired) electrons. The number of nitrogens with one attached hydrogen (secondary N) is 2. The monoisotopic (exact) mass is 482 g/mol. The van der Waals surface area contributed by atoms with Gasteiger partial charge in [-0.1, -0.05) is 0 Å². The standard InChI is InChI=1S/C17H30N4O2S.HI/c1-7-18-15(20-12-14-9-8-13(2)24-14)19-10-11-21(6)16(22)23-17(3,4)5;/h8-9H,7,10-12H2,1-6H3,(H2,18,19,20);1H. The van der Waals surface area contributed by atoms with Gasteiger partial charge in [-0.05, 0) is 46.8 Å². The van der Waals surface area contributed by atoms with Crippen molar-refractivity contribution in [3.05, 3.63) is 21.9 Å². The molecule has 1 amide bonds. The van der Waals surface area contributed by atoms with Crippen LogP contribution in [0.2, 0.25) is 0 Å². The number of amides is 1. The number of hydrogen-bond donors (Lipinski definition) is 2. The van der Waals surface area contributed by atoms with E-state index >= 15 is 0 Å². The number of carbonyl (C=O) groups is 1. The molecule has 1 heterocycles. The Morgan fingerprint density at radius 1 is 1.32 bits per heavy atom. The van der Waals surface area contributed by atoms with Crippen LogP contribution in [0.15, 0.2) is 17.1 Å². The Bertz CT molecular complexity index is 555. The maximum atomic E-state index is 11.9. The van der Waals surface area contributed by atoms with E-state index in [1.807, 2.05) is 27.7 Å². The fourth-order valence-electron chi connectivity index (χ4n) is 1.84. The zero-order valence-electron chi connectivity index (χ0n) is 16.0. The quantitative estimate of drug-likeness (QED) is 0.370. The fraction of sp³-hybridized carbons (Fsp3) is 0.647. The molecule has 0 aliphatic carbocycles. The lowest BCUT2D eigenvalue weighted by molar-refractivity contribution is 0.0302. The minimum Gasteiger partial charge on any atom is -0.444 e. The van der Waals surface area contributed by atoms with Crippen LogP contribution in [0.4, 0.5) is 4.79 Å². The molecule has 0 aliphatic rings. The van der Waals surface area contributed by atoms with Crippen LogP contribution in [0, 0.1) is 6.92 Å². The molecule has 1 rings (SSSR count). The van der Waals surface area contributed by atoms with Crippen molar-refractivity contribution in [1.29, 1.82) is 0 Å². The number of halogens is 1. The predicted molar refractivity (Wildman–Crippen MR) is 116 cm³/mol. The lowest BCUT2D eigenvalue weighted by Crippen LogP contribution is -2.43. The molecule has 0 fully saturated rings. The van der Waals surface area contributed by atoms with Gasteiger partial charge in [-0.3, -0.25) is 0 Å². The van der Waals surface area contributed by atoms with E-state index in [0.717, 1.165) is 12.5 Å². The average Bonchev–Trinajstić information content (AvgIpc) is 2.88. The summed E-state index contributed by atoms with van der Waals surface area (Å²) in [7, 11) is 1.73. The van der Waals surface area contributed by atoms with Gasteiger partial charge in [0.1, 0.15) is 5.60 Å². The second kappa shape index (κ2) is 11.6. The number of aliphatic imine (C=N–C) groups is 1. The molecule has 0 unspecified atom stereocenters. The number of thiophene rings is 1. The molecule has 0 aliphatic heterocycles. The molecular weight excluding hydrogens is 451 g/mol. The minimum absolute atomic E-state index is 0. The summed E-state index contributed by atoms with van der Waals surface area (Å²) in [6, 6.07) is 4.20. The maximum absolute atomic E-state index is 11.9. The smallest absolute Gasteiger partial charge is 0.410 e. The Hall–Kier alpha value is -1.03. The summed E-state index contributed by atoms with van der Waals surface area (Å²) in [6.07, 6.45) is -0.319. The SMILES string of the molecule is CCNC(=NCc1ccc(C)s1)NCCN(C)C(=O)OC(C)(C)C.I. The molecule has 0 saturated heterocycles. The summed E-state index contributed by atoms with van der Waals surface area (Å²) in [4.78, 5) is 20.6. The molecule has 6 nitrogen and oxygen atoms in total. The number of carbonyl (C=O) groups excluding carboxylic acids is 1. The summed E-state index contributed by atoms with van der Waals surface area (Å²) in [5.74, 6) is 0.751. The summed E-state index contributed by atoms with van der Waals surface area (Å²) in [6.45, 7) is 12.3. The van der Waals surface area contributed by atoms with E-state index < -0.39 is 5.60 Å². The van der Waals surface area contributed by atoms with Crippen molar-refractivity contribution in [2.45, 2.75) is 46.8 Å². The zero-order valence-corrected chi connectivity index (χ0v) is 19.2. The van der Waals surface area contributed by atoms with Gasteiger partial charge in [0.05, 0.1) is 6.54 Å². The second-order valence-electron chi connectivity index (χ2n) is 6.54. The first-order chi connectivity index (χ1) is 11.2. The second-order valence-corrected chi connectivity index (χ2v) is 7.91. The highest BCUT2D eigenvalue weighted by atomic mass is 127. The summed E-state index contributed by atoms with van der Waals surface area (Å²) in [5.41, 5.74) is -0.478. The predicted octanol–water partition coefficient (Wildman–Crippen LogP) is 3.60. The number of guanidine groups is 1. The van der Waals surface area contributed by atoms with E-state index in [-0.39, 0.29) is 30.1 Å².